The van der Waals surface area contributed by atoms with Gasteiger partial charge in [0.15, 0.2) is 5.82 Å². The van der Waals surface area contributed by atoms with Crippen molar-refractivity contribution < 1.29 is 27.2 Å². The summed E-state index contributed by atoms with van der Waals surface area (Å²) in [5.41, 5.74) is -0.987. The molecular formula is C17H17BF3NO3. The molecule has 4 nitrogen and oxygen atoms in total. The molecule has 0 unspecified atom stereocenters. The van der Waals surface area contributed by atoms with Crippen molar-refractivity contribution in [2.75, 3.05) is 0 Å². The second kappa shape index (κ2) is 6.03. The molecule has 0 aliphatic carbocycles. The molecule has 2 aromatic rings. The number of nitrogens with zero attached hydrogens (tertiary/aromatic N) is 1. The van der Waals surface area contributed by atoms with Crippen LogP contribution in [0.25, 0.3) is 0 Å². The van der Waals surface area contributed by atoms with E-state index < -0.39 is 41.7 Å². The average Bonchev–Trinajstić information content (AvgIpc) is 2.70. The van der Waals surface area contributed by atoms with Crippen LogP contribution in [0.15, 0.2) is 30.5 Å². The van der Waals surface area contributed by atoms with Gasteiger partial charge in [-0.25, -0.2) is 18.2 Å². The molecule has 1 aliphatic heterocycles. The summed E-state index contributed by atoms with van der Waals surface area (Å²) in [6.45, 7) is 7.47. The summed E-state index contributed by atoms with van der Waals surface area (Å²) < 4.78 is 57.7. The first kappa shape index (κ1) is 17.8. The Morgan fingerprint density at radius 2 is 1.60 bits per heavy atom. The predicted octanol–water partition coefficient (Wildman–Crippen LogP) is 3.59. The molecule has 1 aromatic carbocycles. The maximum Gasteiger partial charge on any atom is 0.497 e. The fourth-order valence-corrected chi connectivity index (χ4v) is 2.32. The quantitative estimate of drug-likeness (QED) is 0.793. The molecule has 132 valence electrons. The highest BCUT2D eigenvalue weighted by Gasteiger charge is 2.52. The van der Waals surface area contributed by atoms with Crippen LogP contribution < -0.4 is 10.2 Å². The number of benzene rings is 1. The van der Waals surface area contributed by atoms with Crippen molar-refractivity contribution in [2.24, 2.45) is 0 Å². The highest BCUT2D eigenvalue weighted by Crippen LogP contribution is 2.36. The summed E-state index contributed by atoms with van der Waals surface area (Å²) in [6.07, 6.45) is 0.813. The molecule has 0 bridgehead atoms. The Labute approximate surface area is 144 Å². The van der Waals surface area contributed by atoms with Gasteiger partial charge in [-0.15, -0.1) is 0 Å². The van der Waals surface area contributed by atoms with Gasteiger partial charge in [0.25, 0.3) is 5.88 Å². The van der Waals surface area contributed by atoms with E-state index in [-0.39, 0.29) is 11.2 Å². The largest absolute Gasteiger partial charge is 0.497 e. The molecule has 0 spiro atoms. The Morgan fingerprint density at radius 1 is 0.960 bits per heavy atom. The van der Waals surface area contributed by atoms with Gasteiger partial charge >= 0.3 is 7.12 Å². The second-order valence-corrected chi connectivity index (χ2v) is 6.81. The molecule has 0 atom stereocenters. The van der Waals surface area contributed by atoms with Crippen LogP contribution in [0.1, 0.15) is 27.7 Å². The number of aromatic nitrogens is 1. The molecule has 0 radical (unpaired) electrons. The zero-order chi connectivity index (χ0) is 18.4. The van der Waals surface area contributed by atoms with Crippen molar-refractivity contribution in [2.45, 2.75) is 38.9 Å². The van der Waals surface area contributed by atoms with E-state index in [2.05, 4.69) is 4.98 Å². The molecule has 0 N–H and O–H groups in total. The lowest BCUT2D eigenvalue weighted by molar-refractivity contribution is 0.00578. The summed E-state index contributed by atoms with van der Waals surface area (Å²) in [5.74, 6) is -2.85. The van der Waals surface area contributed by atoms with E-state index in [0.717, 1.165) is 12.3 Å². The molecule has 0 saturated carbocycles. The summed E-state index contributed by atoms with van der Waals surface area (Å²) in [5, 5.41) is 0. The molecule has 25 heavy (non-hydrogen) atoms. The zero-order valence-corrected chi connectivity index (χ0v) is 14.3. The molecule has 1 aromatic heterocycles. The van der Waals surface area contributed by atoms with E-state index in [0.29, 0.717) is 6.07 Å². The lowest BCUT2D eigenvalue weighted by atomic mass is 9.78. The Morgan fingerprint density at radius 3 is 2.16 bits per heavy atom. The Balaban J connectivity index is 1.82. The lowest BCUT2D eigenvalue weighted by Crippen LogP contribution is -2.41. The average molecular weight is 351 g/mol. The van der Waals surface area contributed by atoms with Crippen molar-refractivity contribution in [3.63, 3.8) is 0 Å². The molecular weight excluding hydrogens is 334 g/mol. The van der Waals surface area contributed by atoms with E-state index in [1.807, 2.05) is 27.7 Å². The fourth-order valence-electron chi connectivity index (χ4n) is 2.32. The molecule has 0 amide bonds. The van der Waals surface area contributed by atoms with Crippen LogP contribution in [0.3, 0.4) is 0 Å². The molecule has 1 fully saturated rings. The fraction of sp³-hybridized carbons (Fsp3) is 0.353. The number of hydrogen-bond donors (Lipinski definition) is 0. The first-order chi connectivity index (χ1) is 11.6. The highest BCUT2D eigenvalue weighted by atomic mass is 19.1. The van der Waals surface area contributed by atoms with E-state index in [4.69, 9.17) is 14.0 Å². The number of ether oxygens (including phenoxy) is 1. The molecule has 3 rings (SSSR count). The van der Waals surface area contributed by atoms with Crippen molar-refractivity contribution >= 4 is 12.6 Å². The molecule has 1 aliphatic rings. The third-order valence-corrected chi connectivity index (χ3v) is 4.47. The minimum Gasteiger partial charge on any atom is -0.436 e. The number of halogens is 3. The van der Waals surface area contributed by atoms with Crippen molar-refractivity contribution in [3.8, 4) is 11.6 Å². The second-order valence-electron chi connectivity index (χ2n) is 6.81. The first-order valence-corrected chi connectivity index (χ1v) is 7.73. The summed E-state index contributed by atoms with van der Waals surface area (Å²) in [4.78, 5) is 3.50. The van der Waals surface area contributed by atoms with Crippen molar-refractivity contribution in [3.05, 3.63) is 47.9 Å². The van der Waals surface area contributed by atoms with E-state index in [1.54, 1.807) is 0 Å². The number of rotatable bonds is 3. The number of pyridine rings is 1. The minimum absolute atomic E-state index is 0.0239. The van der Waals surface area contributed by atoms with Gasteiger partial charge in [-0.3, -0.25) is 0 Å². The van der Waals surface area contributed by atoms with Crippen LogP contribution in [-0.4, -0.2) is 23.3 Å². The van der Waals surface area contributed by atoms with Crippen LogP contribution in [0, 0.1) is 17.5 Å². The van der Waals surface area contributed by atoms with Gasteiger partial charge in [0.2, 0.25) is 0 Å². The van der Waals surface area contributed by atoms with Gasteiger partial charge in [-0.05, 0) is 33.8 Å². The highest BCUT2D eigenvalue weighted by molar-refractivity contribution is 6.62. The van der Waals surface area contributed by atoms with Gasteiger partial charge < -0.3 is 14.0 Å². The molecule has 2 heterocycles. The van der Waals surface area contributed by atoms with Gasteiger partial charge in [0.05, 0.1) is 17.4 Å². The standard InChI is InChI=1S/C17H17BF3NO3/c1-16(2)17(3,4)25-18(24-16)12-6-5-11(8-13(12)20)23-15-14(21)7-10(19)9-22-15/h5-9H,1-4H3. The SMILES string of the molecule is CC1(C)OB(c2ccc(Oc3ncc(F)cc3F)cc2F)OC1(C)C. The topological polar surface area (TPSA) is 40.6 Å². The maximum absolute atomic E-state index is 14.5. The first-order valence-electron chi connectivity index (χ1n) is 7.73. The van der Waals surface area contributed by atoms with Crippen LogP contribution in [0.4, 0.5) is 13.2 Å². The van der Waals surface area contributed by atoms with Crippen molar-refractivity contribution in [1.29, 1.82) is 0 Å². The predicted molar refractivity (Wildman–Crippen MR) is 86.3 cm³/mol. The van der Waals surface area contributed by atoms with Gasteiger partial charge in [-0.1, -0.05) is 6.07 Å². The van der Waals surface area contributed by atoms with E-state index in [1.165, 1.54) is 12.1 Å². The Hall–Kier alpha value is -2.06. The number of hydrogen-bond acceptors (Lipinski definition) is 4. The summed E-state index contributed by atoms with van der Waals surface area (Å²) in [6, 6.07) is 4.59. The Kier molecular flexibility index (Phi) is 4.29. The van der Waals surface area contributed by atoms with Crippen LogP contribution in [-0.2, 0) is 9.31 Å². The minimum atomic E-state index is -0.976. The lowest BCUT2D eigenvalue weighted by Gasteiger charge is -2.32. The zero-order valence-electron chi connectivity index (χ0n) is 14.3. The maximum atomic E-state index is 14.5. The monoisotopic (exact) mass is 351 g/mol. The smallest absolute Gasteiger partial charge is 0.436 e. The summed E-state index contributed by atoms with van der Waals surface area (Å²) in [7, 11) is -0.861. The molecule has 8 heteroatoms. The molecule has 1 saturated heterocycles. The van der Waals surface area contributed by atoms with Gasteiger partial charge in [0, 0.05) is 17.6 Å². The van der Waals surface area contributed by atoms with E-state index >= 15 is 0 Å². The normalized spacial score (nSPS) is 18.4. The van der Waals surface area contributed by atoms with E-state index in [9.17, 15) is 13.2 Å². The van der Waals surface area contributed by atoms with Crippen LogP contribution in [0.5, 0.6) is 11.6 Å². The van der Waals surface area contributed by atoms with Crippen molar-refractivity contribution in [1.82, 2.24) is 4.98 Å². The van der Waals surface area contributed by atoms with Gasteiger partial charge in [-0.2, -0.15) is 0 Å². The van der Waals surface area contributed by atoms with Crippen LogP contribution in [0.2, 0.25) is 0 Å². The third kappa shape index (κ3) is 3.36. The van der Waals surface area contributed by atoms with Crippen LogP contribution >= 0.6 is 0 Å². The van der Waals surface area contributed by atoms with Gasteiger partial charge in [0.1, 0.15) is 17.4 Å². The summed E-state index contributed by atoms with van der Waals surface area (Å²) >= 11 is 0. The third-order valence-electron chi connectivity index (χ3n) is 4.47. The Bertz CT molecular complexity index is 798.